The Morgan fingerprint density at radius 3 is 2.64 bits per heavy atom. The van der Waals surface area contributed by atoms with E-state index in [1.54, 1.807) is 14.2 Å². The van der Waals surface area contributed by atoms with E-state index in [0.717, 1.165) is 28.6 Å². The molecule has 0 spiro atoms. The molecule has 22 heavy (non-hydrogen) atoms. The van der Waals surface area contributed by atoms with Gasteiger partial charge in [0.25, 0.3) is 0 Å². The molecule has 1 N–H and O–H groups in total. The highest BCUT2D eigenvalue weighted by Crippen LogP contribution is 2.45. The molecule has 0 fully saturated rings. The van der Waals surface area contributed by atoms with Crippen LogP contribution >= 0.6 is 24.0 Å². The van der Waals surface area contributed by atoms with Crippen LogP contribution in [-0.4, -0.2) is 19.2 Å². The molecule has 0 saturated carbocycles. The summed E-state index contributed by atoms with van der Waals surface area (Å²) in [6.07, 6.45) is 0.796. The monoisotopic (exact) mass is 331 g/mol. The molecule has 1 heterocycles. The molecule has 1 unspecified atom stereocenters. The quantitative estimate of drug-likeness (QED) is 0.825. The zero-order valence-electron chi connectivity index (χ0n) is 12.5. The van der Waals surface area contributed by atoms with Crippen LogP contribution in [0.25, 0.3) is 0 Å². The second kappa shape index (κ2) is 6.58. The Morgan fingerprint density at radius 2 is 1.86 bits per heavy atom. The molecular weight excluding hydrogens is 314 g/mol. The standard InChI is InChI=1S/C17H17NO2S2/c1-19-13-8-7-11(9-14(13)20-2)16-10-17(21)18-12-5-3-4-6-15(12)22-16/h3-9,16H,10H2,1-2H3,(H,18,21). The SMILES string of the molecule is COc1ccc(C2CC(=S)Nc3ccccc3S2)cc1OC. The van der Waals surface area contributed by atoms with Gasteiger partial charge in [-0.3, -0.25) is 0 Å². The van der Waals surface area contributed by atoms with Crippen molar-refractivity contribution in [3.8, 4) is 11.5 Å². The van der Waals surface area contributed by atoms with Gasteiger partial charge in [0.1, 0.15) is 0 Å². The Bertz CT molecular complexity index is 703. The van der Waals surface area contributed by atoms with Crippen molar-refractivity contribution >= 4 is 34.7 Å². The highest BCUT2D eigenvalue weighted by Gasteiger charge is 2.22. The highest BCUT2D eigenvalue weighted by atomic mass is 32.2. The molecule has 2 aromatic rings. The maximum absolute atomic E-state index is 5.48. The summed E-state index contributed by atoms with van der Waals surface area (Å²) in [6.45, 7) is 0. The molecule has 1 aliphatic rings. The average molecular weight is 331 g/mol. The lowest BCUT2D eigenvalue weighted by Gasteiger charge is -2.16. The summed E-state index contributed by atoms with van der Waals surface area (Å²) < 4.78 is 10.7. The van der Waals surface area contributed by atoms with Crippen molar-refractivity contribution in [1.82, 2.24) is 0 Å². The topological polar surface area (TPSA) is 30.5 Å². The van der Waals surface area contributed by atoms with Gasteiger partial charge in [-0.2, -0.15) is 0 Å². The van der Waals surface area contributed by atoms with Gasteiger partial charge in [-0.15, -0.1) is 11.8 Å². The summed E-state index contributed by atoms with van der Waals surface area (Å²) in [5, 5.41) is 3.58. The minimum Gasteiger partial charge on any atom is -0.493 e. The molecule has 0 saturated heterocycles. The number of thiocarbonyl (C=S) groups is 1. The molecule has 0 aromatic heterocycles. The summed E-state index contributed by atoms with van der Waals surface area (Å²) in [5.41, 5.74) is 2.27. The number of anilines is 1. The predicted octanol–water partition coefficient (Wildman–Crippen LogP) is 4.68. The van der Waals surface area contributed by atoms with E-state index in [-0.39, 0.29) is 5.25 Å². The first-order chi connectivity index (χ1) is 10.7. The molecule has 0 aliphatic carbocycles. The van der Waals surface area contributed by atoms with E-state index in [0.29, 0.717) is 0 Å². The highest BCUT2D eigenvalue weighted by molar-refractivity contribution is 7.99. The lowest BCUT2D eigenvalue weighted by atomic mass is 10.1. The van der Waals surface area contributed by atoms with Gasteiger partial charge in [0, 0.05) is 16.6 Å². The Balaban J connectivity index is 1.96. The number of hydrogen-bond donors (Lipinski definition) is 1. The third kappa shape index (κ3) is 3.05. The van der Waals surface area contributed by atoms with Gasteiger partial charge in [0.05, 0.1) is 24.9 Å². The minimum atomic E-state index is 0.253. The number of hydrogen-bond acceptors (Lipinski definition) is 4. The number of thioether (sulfide) groups is 1. The van der Waals surface area contributed by atoms with Crippen LogP contribution < -0.4 is 14.8 Å². The molecule has 5 heteroatoms. The molecule has 3 rings (SSSR count). The molecule has 114 valence electrons. The van der Waals surface area contributed by atoms with Gasteiger partial charge in [-0.25, -0.2) is 0 Å². The molecule has 1 aliphatic heterocycles. The number of methoxy groups -OCH3 is 2. The second-order valence-electron chi connectivity index (χ2n) is 4.97. The first-order valence-electron chi connectivity index (χ1n) is 6.98. The van der Waals surface area contributed by atoms with Crippen molar-refractivity contribution in [2.45, 2.75) is 16.6 Å². The fourth-order valence-corrected chi connectivity index (χ4v) is 4.10. The third-order valence-electron chi connectivity index (χ3n) is 3.58. The number of benzene rings is 2. The van der Waals surface area contributed by atoms with Crippen LogP contribution in [0.2, 0.25) is 0 Å². The van der Waals surface area contributed by atoms with E-state index in [1.165, 1.54) is 10.5 Å². The van der Waals surface area contributed by atoms with E-state index in [9.17, 15) is 0 Å². The number of nitrogens with one attached hydrogen (secondary N) is 1. The number of ether oxygens (including phenoxy) is 2. The van der Waals surface area contributed by atoms with Gasteiger partial charge < -0.3 is 14.8 Å². The van der Waals surface area contributed by atoms with Crippen LogP contribution in [0, 0.1) is 0 Å². The van der Waals surface area contributed by atoms with Gasteiger partial charge in [0.15, 0.2) is 11.5 Å². The maximum atomic E-state index is 5.48. The van der Waals surface area contributed by atoms with Gasteiger partial charge >= 0.3 is 0 Å². The Labute approximate surface area is 140 Å². The van der Waals surface area contributed by atoms with E-state index in [1.807, 2.05) is 36.0 Å². The zero-order valence-corrected chi connectivity index (χ0v) is 14.1. The Kier molecular flexibility index (Phi) is 4.55. The van der Waals surface area contributed by atoms with Crippen LogP contribution in [0.1, 0.15) is 17.2 Å². The van der Waals surface area contributed by atoms with Gasteiger partial charge in [-0.1, -0.05) is 30.4 Å². The fourth-order valence-electron chi connectivity index (χ4n) is 2.48. The van der Waals surface area contributed by atoms with E-state index >= 15 is 0 Å². The lowest BCUT2D eigenvalue weighted by molar-refractivity contribution is 0.354. The van der Waals surface area contributed by atoms with Crippen LogP contribution in [0.5, 0.6) is 11.5 Å². The molecule has 3 nitrogen and oxygen atoms in total. The van der Waals surface area contributed by atoms with Crippen molar-refractivity contribution in [2.75, 3.05) is 19.5 Å². The molecule has 0 amide bonds. The summed E-state index contributed by atoms with van der Waals surface area (Å²) in [6, 6.07) is 14.3. The summed E-state index contributed by atoms with van der Waals surface area (Å²) in [5.74, 6) is 1.49. The van der Waals surface area contributed by atoms with Crippen molar-refractivity contribution in [1.29, 1.82) is 0 Å². The summed E-state index contributed by atoms with van der Waals surface area (Å²) in [4.78, 5) is 2.07. The van der Waals surface area contributed by atoms with Crippen LogP contribution in [0.3, 0.4) is 0 Å². The van der Waals surface area contributed by atoms with Crippen molar-refractivity contribution in [2.24, 2.45) is 0 Å². The van der Waals surface area contributed by atoms with E-state index in [4.69, 9.17) is 21.7 Å². The number of fused-ring (bicyclic) bond motifs is 1. The van der Waals surface area contributed by atoms with Gasteiger partial charge in [-0.05, 0) is 29.8 Å². The normalized spacial score (nSPS) is 17.2. The fraction of sp³-hybridized carbons (Fsp3) is 0.235. The van der Waals surface area contributed by atoms with Gasteiger partial charge in [0.2, 0.25) is 0 Å². The largest absolute Gasteiger partial charge is 0.493 e. The number of para-hydroxylation sites is 1. The molecule has 0 bridgehead atoms. The van der Waals surface area contributed by atoms with E-state index in [2.05, 4.69) is 23.5 Å². The summed E-state index contributed by atoms with van der Waals surface area (Å²) in [7, 11) is 3.30. The van der Waals surface area contributed by atoms with Crippen molar-refractivity contribution < 1.29 is 9.47 Å². The minimum absolute atomic E-state index is 0.253. The Hall–Kier alpha value is -1.72. The maximum Gasteiger partial charge on any atom is 0.161 e. The third-order valence-corrected chi connectivity index (χ3v) is 5.18. The van der Waals surface area contributed by atoms with Crippen LogP contribution in [0.4, 0.5) is 5.69 Å². The predicted molar refractivity (Wildman–Crippen MR) is 95.4 cm³/mol. The van der Waals surface area contributed by atoms with Crippen molar-refractivity contribution in [3.63, 3.8) is 0 Å². The Morgan fingerprint density at radius 1 is 1.09 bits per heavy atom. The van der Waals surface area contributed by atoms with E-state index < -0.39 is 0 Å². The second-order valence-corrected chi connectivity index (χ2v) is 6.71. The van der Waals surface area contributed by atoms with Crippen LogP contribution in [-0.2, 0) is 0 Å². The lowest BCUT2D eigenvalue weighted by Crippen LogP contribution is -2.09. The smallest absolute Gasteiger partial charge is 0.161 e. The molecule has 0 radical (unpaired) electrons. The molecule has 1 atom stereocenters. The first kappa shape index (κ1) is 15.2. The zero-order chi connectivity index (χ0) is 15.5. The number of rotatable bonds is 3. The first-order valence-corrected chi connectivity index (χ1v) is 8.27. The van der Waals surface area contributed by atoms with Crippen molar-refractivity contribution in [3.05, 3.63) is 48.0 Å². The average Bonchev–Trinajstić information content (AvgIpc) is 2.72. The molecular formula is C17H17NO2S2. The van der Waals surface area contributed by atoms with Crippen LogP contribution in [0.15, 0.2) is 47.4 Å². The molecule has 2 aromatic carbocycles. The summed E-state index contributed by atoms with van der Waals surface area (Å²) >= 11 is 7.30.